The van der Waals surface area contributed by atoms with E-state index in [1.54, 1.807) is 18.1 Å². The monoisotopic (exact) mass is 267 g/mol. The van der Waals surface area contributed by atoms with Crippen molar-refractivity contribution < 1.29 is 5.11 Å². The summed E-state index contributed by atoms with van der Waals surface area (Å²) in [4.78, 5) is 22.3. The van der Waals surface area contributed by atoms with Gasteiger partial charge >= 0.3 is 0 Å². The lowest BCUT2D eigenvalue weighted by Gasteiger charge is -2.12. The van der Waals surface area contributed by atoms with Gasteiger partial charge in [-0.25, -0.2) is 4.98 Å². The zero-order valence-corrected chi connectivity index (χ0v) is 10.4. The standard InChI is InChI=1S/C10H13N5O2S/c11-10-13-8-7(9(17)14-10)12-4-15(8)6-2-1-5(3-16)18-6/h4-6,16H,1-3H2,(H3,11,13,14,17)/t5-,6-/m0/s1. The summed E-state index contributed by atoms with van der Waals surface area (Å²) in [7, 11) is 0. The summed E-state index contributed by atoms with van der Waals surface area (Å²) >= 11 is 1.67. The van der Waals surface area contributed by atoms with Crippen LogP contribution in [0.4, 0.5) is 5.95 Å². The molecule has 3 heterocycles. The average Bonchev–Trinajstić information content (AvgIpc) is 2.93. The van der Waals surface area contributed by atoms with Crippen LogP contribution < -0.4 is 11.3 Å². The maximum atomic E-state index is 11.7. The topological polar surface area (TPSA) is 110 Å². The number of nitrogens with two attached hydrogens (primary N) is 1. The molecule has 1 aliphatic heterocycles. The molecule has 4 N–H and O–H groups in total. The van der Waals surface area contributed by atoms with Crippen LogP contribution >= 0.6 is 11.8 Å². The van der Waals surface area contributed by atoms with E-state index < -0.39 is 0 Å². The molecule has 2 aromatic heterocycles. The highest BCUT2D eigenvalue weighted by molar-refractivity contribution is 8.00. The van der Waals surface area contributed by atoms with Crippen molar-refractivity contribution in [1.29, 1.82) is 0 Å². The third-order valence-electron chi connectivity index (χ3n) is 3.05. The number of nitrogen functional groups attached to an aromatic ring is 1. The van der Waals surface area contributed by atoms with E-state index in [2.05, 4.69) is 15.0 Å². The minimum atomic E-state index is -0.321. The van der Waals surface area contributed by atoms with Crippen molar-refractivity contribution in [3.63, 3.8) is 0 Å². The van der Waals surface area contributed by atoms with Gasteiger partial charge in [-0.2, -0.15) is 4.98 Å². The van der Waals surface area contributed by atoms with Crippen LogP contribution in [0.1, 0.15) is 18.2 Å². The van der Waals surface area contributed by atoms with Gasteiger partial charge in [0.05, 0.1) is 18.3 Å². The van der Waals surface area contributed by atoms with Crippen LogP contribution in [0.25, 0.3) is 11.2 Å². The number of hydrogen-bond donors (Lipinski definition) is 3. The molecule has 0 amide bonds. The van der Waals surface area contributed by atoms with Crippen LogP contribution in [0.2, 0.25) is 0 Å². The predicted molar refractivity (Wildman–Crippen MR) is 69.3 cm³/mol. The lowest BCUT2D eigenvalue weighted by atomic mass is 10.2. The number of fused-ring (bicyclic) bond motifs is 1. The van der Waals surface area contributed by atoms with Gasteiger partial charge in [0.2, 0.25) is 5.95 Å². The fourth-order valence-corrected chi connectivity index (χ4v) is 3.54. The van der Waals surface area contributed by atoms with Crippen LogP contribution in [0.15, 0.2) is 11.1 Å². The van der Waals surface area contributed by atoms with Gasteiger partial charge in [-0.3, -0.25) is 9.78 Å². The van der Waals surface area contributed by atoms with Crippen molar-refractivity contribution >= 4 is 28.9 Å². The van der Waals surface area contributed by atoms with Gasteiger partial charge in [0.25, 0.3) is 5.56 Å². The molecule has 0 unspecified atom stereocenters. The Labute approximate surface area is 106 Å². The third-order valence-corrected chi connectivity index (χ3v) is 4.60. The number of hydrogen-bond acceptors (Lipinski definition) is 6. The van der Waals surface area contributed by atoms with Gasteiger partial charge in [0.15, 0.2) is 11.2 Å². The normalized spacial score (nSPS) is 23.8. The molecule has 0 bridgehead atoms. The Morgan fingerprint density at radius 2 is 2.44 bits per heavy atom. The molecule has 18 heavy (non-hydrogen) atoms. The number of anilines is 1. The van der Waals surface area contributed by atoms with E-state index in [9.17, 15) is 4.79 Å². The van der Waals surface area contributed by atoms with Crippen LogP contribution in [0.5, 0.6) is 0 Å². The maximum Gasteiger partial charge on any atom is 0.280 e. The van der Waals surface area contributed by atoms with Crippen LogP contribution in [-0.2, 0) is 0 Å². The molecule has 1 fully saturated rings. The zero-order chi connectivity index (χ0) is 12.7. The highest BCUT2D eigenvalue weighted by Crippen LogP contribution is 2.41. The molecule has 3 rings (SSSR count). The Kier molecular flexibility index (Phi) is 2.75. The fraction of sp³-hybridized carbons (Fsp3) is 0.500. The Morgan fingerprint density at radius 1 is 1.61 bits per heavy atom. The first-order valence-electron chi connectivity index (χ1n) is 5.67. The van der Waals surface area contributed by atoms with E-state index in [4.69, 9.17) is 10.8 Å². The SMILES string of the molecule is Nc1nc2c(ncn2[C@@H]2CC[C@@H](CO)S2)c(=O)[nH]1. The Morgan fingerprint density at radius 3 is 3.17 bits per heavy atom. The number of rotatable bonds is 2. The van der Waals surface area contributed by atoms with Gasteiger partial charge in [-0.15, -0.1) is 11.8 Å². The van der Waals surface area contributed by atoms with E-state index in [1.807, 2.05) is 4.57 Å². The number of nitrogens with one attached hydrogen (secondary N) is 1. The molecule has 2 atom stereocenters. The van der Waals surface area contributed by atoms with Crippen molar-refractivity contribution in [2.24, 2.45) is 0 Å². The van der Waals surface area contributed by atoms with Gasteiger partial charge in [0, 0.05) is 5.25 Å². The van der Waals surface area contributed by atoms with Gasteiger partial charge in [-0.05, 0) is 12.8 Å². The molecule has 0 saturated carbocycles. The second kappa shape index (κ2) is 4.29. The first-order valence-corrected chi connectivity index (χ1v) is 6.62. The number of aliphatic hydroxyl groups is 1. The smallest absolute Gasteiger partial charge is 0.280 e. The molecular weight excluding hydrogens is 254 g/mol. The molecule has 1 aliphatic rings. The summed E-state index contributed by atoms with van der Waals surface area (Å²) in [5.74, 6) is 0.0935. The van der Waals surface area contributed by atoms with Crippen LogP contribution in [0.3, 0.4) is 0 Å². The third kappa shape index (κ3) is 1.77. The minimum absolute atomic E-state index is 0.0935. The Hall–Kier alpha value is -1.54. The van der Waals surface area contributed by atoms with E-state index >= 15 is 0 Å². The number of aromatic amines is 1. The van der Waals surface area contributed by atoms with E-state index in [0.29, 0.717) is 11.2 Å². The number of H-pyrrole nitrogens is 1. The largest absolute Gasteiger partial charge is 0.395 e. The maximum absolute atomic E-state index is 11.7. The first kappa shape index (κ1) is 11.5. The van der Waals surface area contributed by atoms with Crippen molar-refractivity contribution in [2.45, 2.75) is 23.5 Å². The first-order chi connectivity index (χ1) is 8.69. The Balaban J connectivity index is 2.05. The molecule has 0 aromatic carbocycles. The highest BCUT2D eigenvalue weighted by Gasteiger charge is 2.27. The van der Waals surface area contributed by atoms with Gasteiger partial charge < -0.3 is 15.4 Å². The van der Waals surface area contributed by atoms with Crippen LogP contribution in [-0.4, -0.2) is 36.5 Å². The van der Waals surface area contributed by atoms with E-state index in [0.717, 1.165) is 12.8 Å². The summed E-state index contributed by atoms with van der Waals surface area (Å²) in [6.07, 6.45) is 3.49. The van der Waals surface area contributed by atoms with Gasteiger partial charge in [-0.1, -0.05) is 0 Å². The molecular formula is C10H13N5O2S. The van der Waals surface area contributed by atoms with E-state index in [1.165, 1.54) is 0 Å². The van der Waals surface area contributed by atoms with Crippen LogP contribution in [0, 0.1) is 0 Å². The molecule has 0 spiro atoms. The summed E-state index contributed by atoms with van der Waals surface area (Å²) in [6, 6.07) is 0. The molecule has 0 aliphatic carbocycles. The average molecular weight is 267 g/mol. The lowest BCUT2D eigenvalue weighted by Crippen LogP contribution is -2.12. The van der Waals surface area contributed by atoms with Crippen molar-refractivity contribution in [3.05, 3.63) is 16.7 Å². The van der Waals surface area contributed by atoms with E-state index in [-0.39, 0.29) is 28.7 Å². The Bertz CT molecular complexity index is 637. The molecule has 2 aromatic rings. The van der Waals surface area contributed by atoms with Gasteiger partial charge in [0.1, 0.15) is 0 Å². The second-order valence-corrected chi connectivity index (χ2v) is 5.73. The molecule has 0 radical (unpaired) electrons. The molecule has 8 heteroatoms. The quantitative estimate of drug-likeness (QED) is 0.711. The predicted octanol–water partition coefficient (Wildman–Crippen LogP) is 0.0883. The number of imidazole rings is 1. The van der Waals surface area contributed by atoms with Crippen molar-refractivity contribution in [2.75, 3.05) is 12.3 Å². The molecule has 96 valence electrons. The van der Waals surface area contributed by atoms with Crippen molar-refractivity contribution in [1.82, 2.24) is 19.5 Å². The lowest BCUT2D eigenvalue weighted by molar-refractivity contribution is 0.292. The summed E-state index contributed by atoms with van der Waals surface area (Å²) in [5, 5.41) is 9.54. The summed E-state index contributed by atoms with van der Waals surface area (Å²) in [6.45, 7) is 0.171. The summed E-state index contributed by atoms with van der Waals surface area (Å²) in [5.41, 5.74) is 6.04. The number of aliphatic hydroxyl groups excluding tert-OH is 1. The molecule has 7 nitrogen and oxygen atoms in total. The summed E-state index contributed by atoms with van der Waals surface area (Å²) < 4.78 is 1.86. The fourth-order valence-electron chi connectivity index (χ4n) is 2.18. The number of thioether (sulfide) groups is 1. The molecule has 1 saturated heterocycles. The second-order valence-electron chi connectivity index (χ2n) is 4.25. The number of nitrogens with zero attached hydrogens (tertiary/aromatic N) is 3. The minimum Gasteiger partial charge on any atom is -0.395 e. The van der Waals surface area contributed by atoms with Crippen molar-refractivity contribution in [3.8, 4) is 0 Å². The number of aromatic nitrogens is 4. The highest BCUT2D eigenvalue weighted by atomic mass is 32.2. The zero-order valence-electron chi connectivity index (χ0n) is 9.54.